The predicted octanol–water partition coefficient (Wildman–Crippen LogP) is 2.16. The third kappa shape index (κ3) is 2.70. The second-order valence-corrected chi connectivity index (χ2v) is 8.14. The van der Waals surface area contributed by atoms with Crippen LogP contribution in [0.25, 0.3) is 5.52 Å². The van der Waals surface area contributed by atoms with Crippen LogP contribution in [0.2, 0.25) is 0 Å². The molecule has 1 aliphatic rings. The number of carbonyl (C=O) groups excluding carboxylic acids is 1. The van der Waals surface area contributed by atoms with Gasteiger partial charge in [0.05, 0.1) is 11.6 Å². The molecular formula is C18H17N3O3S. The van der Waals surface area contributed by atoms with E-state index in [1.165, 1.54) is 9.96 Å². The van der Waals surface area contributed by atoms with E-state index in [0.29, 0.717) is 5.52 Å². The summed E-state index contributed by atoms with van der Waals surface area (Å²) in [6.45, 7) is 0. The Labute approximate surface area is 145 Å². The number of imidazole rings is 1. The third-order valence-electron chi connectivity index (χ3n) is 4.50. The predicted molar refractivity (Wildman–Crippen MR) is 93.3 cm³/mol. The van der Waals surface area contributed by atoms with E-state index in [1.54, 1.807) is 24.4 Å². The van der Waals surface area contributed by atoms with Crippen molar-refractivity contribution in [2.24, 2.45) is 0 Å². The van der Waals surface area contributed by atoms with Crippen molar-refractivity contribution in [1.29, 1.82) is 0 Å². The highest BCUT2D eigenvalue weighted by molar-refractivity contribution is 7.90. The molecule has 0 bridgehead atoms. The Hall–Kier alpha value is -2.67. The minimum atomic E-state index is -3.55. The molecule has 1 N–H and O–H groups in total. The molecule has 1 unspecified atom stereocenters. The molecule has 1 aromatic carbocycles. The smallest absolute Gasteiger partial charge is 0.272 e. The molecule has 2 heterocycles. The van der Waals surface area contributed by atoms with Gasteiger partial charge >= 0.3 is 0 Å². The molecule has 0 radical (unpaired) electrons. The Morgan fingerprint density at radius 3 is 2.76 bits per heavy atom. The summed E-state index contributed by atoms with van der Waals surface area (Å²) in [5, 5.41) is 2.87. The van der Waals surface area contributed by atoms with Gasteiger partial charge in [0.1, 0.15) is 0 Å². The van der Waals surface area contributed by atoms with Crippen LogP contribution in [-0.4, -0.2) is 30.0 Å². The van der Waals surface area contributed by atoms with E-state index in [-0.39, 0.29) is 22.8 Å². The van der Waals surface area contributed by atoms with Gasteiger partial charge in [-0.25, -0.2) is 13.4 Å². The highest BCUT2D eigenvalue weighted by Crippen LogP contribution is 2.31. The van der Waals surface area contributed by atoms with E-state index < -0.39 is 9.84 Å². The molecule has 6 nitrogen and oxygen atoms in total. The van der Waals surface area contributed by atoms with Gasteiger partial charge in [-0.05, 0) is 36.1 Å². The van der Waals surface area contributed by atoms with E-state index in [0.717, 1.165) is 24.7 Å². The fraction of sp³-hybridized carbons (Fsp3) is 0.222. The van der Waals surface area contributed by atoms with Crippen molar-refractivity contribution >= 4 is 21.3 Å². The zero-order valence-corrected chi connectivity index (χ0v) is 14.5. The van der Waals surface area contributed by atoms with E-state index in [9.17, 15) is 13.2 Å². The minimum Gasteiger partial charge on any atom is -0.344 e. The first-order valence-corrected chi connectivity index (χ1v) is 9.90. The molecule has 0 fully saturated rings. The molecule has 3 aromatic rings. The zero-order valence-electron chi connectivity index (χ0n) is 13.6. The van der Waals surface area contributed by atoms with E-state index in [4.69, 9.17) is 0 Å². The lowest BCUT2D eigenvalue weighted by atomic mass is 10.1. The quantitative estimate of drug-likeness (QED) is 0.781. The highest BCUT2D eigenvalue weighted by atomic mass is 32.2. The van der Waals surface area contributed by atoms with E-state index in [2.05, 4.69) is 16.4 Å². The van der Waals surface area contributed by atoms with Gasteiger partial charge in [-0.15, -0.1) is 0 Å². The number of benzene rings is 1. The molecule has 1 aliphatic carbocycles. The summed E-state index contributed by atoms with van der Waals surface area (Å²) >= 11 is 0. The number of hydrogen-bond donors (Lipinski definition) is 1. The molecule has 7 heteroatoms. The van der Waals surface area contributed by atoms with E-state index >= 15 is 0 Å². The van der Waals surface area contributed by atoms with Gasteiger partial charge < -0.3 is 5.32 Å². The number of hydrogen-bond acceptors (Lipinski definition) is 4. The second-order valence-electron chi connectivity index (χ2n) is 6.23. The summed E-state index contributed by atoms with van der Waals surface area (Å²) in [5.74, 6) is -0.361. The maximum Gasteiger partial charge on any atom is 0.272 e. The van der Waals surface area contributed by atoms with Crippen molar-refractivity contribution in [3.05, 3.63) is 65.5 Å². The summed E-state index contributed by atoms with van der Waals surface area (Å²) < 4.78 is 25.4. The van der Waals surface area contributed by atoms with E-state index in [1.807, 2.05) is 18.2 Å². The molecule has 0 spiro atoms. The molecule has 128 valence electrons. The fourth-order valence-corrected chi connectivity index (χ4v) is 4.15. The van der Waals surface area contributed by atoms with Crippen molar-refractivity contribution in [3.8, 4) is 0 Å². The maximum atomic E-state index is 12.8. The van der Waals surface area contributed by atoms with Crippen LogP contribution in [0.3, 0.4) is 0 Å². The fourth-order valence-electron chi connectivity index (χ4n) is 3.37. The average Bonchev–Trinajstić information content (AvgIpc) is 3.16. The molecule has 1 atom stereocenters. The normalized spacial score (nSPS) is 16.8. The Morgan fingerprint density at radius 2 is 1.96 bits per heavy atom. The number of carbonyl (C=O) groups is 1. The Morgan fingerprint density at radius 1 is 1.20 bits per heavy atom. The summed E-state index contributed by atoms with van der Waals surface area (Å²) in [7, 11) is -3.55. The topological polar surface area (TPSA) is 80.5 Å². The molecule has 0 aliphatic heterocycles. The van der Waals surface area contributed by atoms with Gasteiger partial charge in [0.25, 0.3) is 5.91 Å². The lowest BCUT2D eigenvalue weighted by Gasteiger charge is -2.13. The summed E-state index contributed by atoms with van der Waals surface area (Å²) in [6.07, 6.45) is 4.43. The first-order chi connectivity index (χ1) is 11.9. The van der Waals surface area contributed by atoms with Crippen LogP contribution in [0.4, 0.5) is 0 Å². The number of rotatable bonds is 3. The number of nitrogens with zero attached hydrogens (tertiary/aromatic N) is 2. The lowest BCUT2D eigenvalue weighted by molar-refractivity contribution is 0.0933. The Kier molecular flexibility index (Phi) is 3.61. The van der Waals surface area contributed by atoms with Gasteiger partial charge in [0.15, 0.2) is 5.69 Å². The number of fused-ring (bicyclic) bond motifs is 2. The van der Waals surface area contributed by atoms with Gasteiger partial charge in [0, 0.05) is 12.5 Å². The standard InChI is InChI=1S/C18H17N3O3S/c1-25(23,24)18-20-16(15-8-4-5-11-21(15)18)17(22)19-14-10-9-12-6-2-3-7-13(12)14/h2-8,11,14H,9-10H2,1H3,(H,19,22). The van der Waals surface area contributed by atoms with Crippen LogP contribution in [0, 0.1) is 0 Å². The van der Waals surface area contributed by atoms with Gasteiger partial charge in [-0.3, -0.25) is 9.20 Å². The Bertz CT molecular complexity index is 1090. The lowest BCUT2D eigenvalue weighted by Crippen LogP contribution is -2.27. The van der Waals surface area contributed by atoms with Crippen molar-refractivity contribution in [1.82, 2.24) is 14.7 Å². The van der Waals surface area contributed by atoms with Crippen LogP contribution in [0.5, 0.6) is 0 Å². The molecular weight excluding hydrogens is 338 g/mol. The molecule has 0 saturated carbocycles. The van der Waals surface area contributed by atoms with Gasteiger partial charge in [-0.2, -0.15) is 0 Å². The number of pyridine rings is 1. The molecule has 25 heavy (non-hydrogen) atoms. The van der Waals surface area contributed by atoms with Crippen molar-refractivity contribution in [3.63, 3.8) is 0 Å². The van der Waals surface area contributed by atoms with Crippen LogP contribution in [-0.2, 0) is 16.3 Å². The van der Waals surface area contributed by atoms with Crippen molar-refractivity contribution < 1.29 is 13.2 Å². The second kappa shape index (κ2) is 5.70. The maximum absolute atomic E-state index is 12.8. The largest absolute Gasteiger partial charge is 0.344 e. The van der Waals surface area contributed by atoms with Crippen LogP contribution in [0.1, 0.15) is 34.1 Å². The summed E-state index contributed by atoms with van der Waals surface area (Å²) in [4.78, 5) is 16.9. The molecule has 4 rings (SSSR count). The Balaban J connectivity index is 1.72. The minimum absolute atomic E-state index is 0.0779. The number of amides is 1. The third-order valence-corrected chi connectivity index (χ3v) is 5.45. The average molecular weight is 355 g/mol. The summed E-state index contributed by atoms with van der Waals surface area (Å²) in [5.41, 5.74) is 2.96. The number of sulfone groups is 1. The van der Waals surface area contributed by atoms with Crippen molar-refractivity contribution in [2.45, 2.75) is 24.0 Å². The van der Waals surface area contributed by atoms with Crippen LogP contribution < -0.4 is 5.32 Å². The van der Waals surface area contributed by atoms with Gasteiger partial charge in [0.2, 0.25) is 15.0 Å². The zero-order chi connectivity index (χ0) is 17.6. The monoisotopic (exact) mass is 355 g/mol. The number of aryl methyl sites for hydroxylation is 1. The number of aromatic nitrogens is 2. The van der Waals surface area contributed by atoms with Gasteiger partial charge in [-0.1, -0.05) is 30.3 Å². The molecule has 1 amide bonds. The first-order valence-electron chi connectivity index (χ1n) is 8.01. The highest BCUT2D eigenvalue weighted by Gasteiger charge is 2.27. The first kappa shape index (κ1) is 15.8. The summed E-state index contributed by atoms with van der Waals surface area (Å²) in [6, 6.07) is 13.1. The van der Waals surface area contributed by atoms with Crippen LogP contribution >= 0.6 is 0 Å². The molecule has 0 saturated heterocycles. The molecule has 2 aromatic heterocycles. The van der Waals surface area contributed by atoms with Crippen LogP contribution in [0.15, 0.2) is 53.8 Å². The SMILES string of the molecule is CS(=O)(=O)c1nc(C(=O)NC2CCc3ccccc32)c2ccccn12. The van der Waals surface area contributed by atoms with Crippen molar-refractivity contribution in [2.75, 3.05) is 6.26 Å². The number of nitrogens with one attached hydrogen (secondary N) is 1.